The first-order chi connectivity index (χ1) is 12.0. The summed E-state index contributed by atoms with van der Waals surface area (Å²) in [5, 5.41) is 2.79. The Bertz CT molecular complexity index is 775. The van der Waals surface area contributed by atoms with Crippen LogP contribution in [0.2, 0.25) is 0 Å². The maximum absolute atomic E-state index is 12.1. The summed E-state index contributed by atoms with van der Waals surface area (Å²) in [5.41, 5.74) is 1.75. The first-order valence-electron chi connectivity index (χ1n) is 8.23. The van der Waals surface area contributed by atoms with Crippen molar-refractivity contribution in [2.45, 2.75) is 37.5 Å². The van der Waals surface area contributed by atoms with Crippen LogP contribution in [0.15, 0.2) is 53.7 Å². The van der Waals surface area contributed by atoms with Gasteiger partial charge in [-0.1, -0.05) is 24.1 Å². The summed E-state index contributed by atoms with van der Waals surface area (Å²) in [6, 6.07) is 10.2. The molecule has 0 saturated carbocycles. The Hall–Kier alpha value is -2.25. The Labute approximate surface area is 148 Å². The Morgan fingerprint density at radius 3 is 2.36 bits per heavy atom. The molecule has 1 aromatic heterocycles. The van der Waals surface area contributed by atoms with Gasteiger partial charge in [-0.2, -0.15) is 0 Å². The number of carbonyl (C=O) groups is 1. The number of benzene rings is 1. The second-order valence-electron chi connectivity index (χ2n) is 5.81. The van der Waals surface area contributed by atoms with E-state index < -0.39 is 10.0 Å². The number of sulfonamides is 1. The van der Waals surface area contributed by atoms with Gasteiger partial charge in [-0.05, 0) is 44.0 Å². The molecule has 0 radical (unpaired) electrons. The molecule has 2 aromatic rings. The highest BCUT2D eigenvalue weighted by atomic mass is 32.2. The molecule has 0 atom stereocenters. The average molecular weight is 361 g/mol. The van der Waals surface area contributed by atoms with E-state index in [1.807, 2.05) is 6.92 Å². The molecule has 0 bridgehead atoms. The van der Waals surface area contributed by atoms with E-state index in [4.69, 9.17) is 0 Å². The van der Waals surface area contributed by atoms with Crippen molar-refractivity contribution in [1.29, 1.82) is 0 Å². The molecule has 2 rings (SSSR count). The summed E-state index contributed by atoms with van der Waals surface area (Å²) < 4.78 is 26.8. The number of unbranched alkanes of at least 4 members (excludes halogenated alkanes) is 2. The number of carbonyl (C=O) groups excluding carboxylic acids is 1. The van der Waals surface area contributed by atoms with Crippen LogP contribution in [0.5, 0.6) is 0 Å². The highest BCUT2D eigenvalue weighted by Gasteiger charge is 2.12. The summed E-state index contributed by atoms with van der Waals surface area (Å²) >= 11 is 0. The predicted molar refractivity (Wildman–Crippen MR) is 97.7 cm³/mol. The summed E-state index contributed by atoms with van der Waals surface area (Å²) in [4.78, 5) is 15.9. The zero-order valence-electron chi connectivity index (χ0n) is 14.2. The molecule has 0 aliphatic carbocycles. The van der Waals surface area contributed by atoms with Gasteiger partial charge < -0.3 is 5.32 Å². The van der Waals surface area contributed by atoms with Crippen molar-refractivity contribution >= 4 is 21.6 Å². The van der Waals surface area contributed by atoms with Crippen molar-refractivity contribution in [1.82, 2.24) is 9.71 Å². The van der Waals surface area contributed by atoms with Gasteiger partial charge in [-0.15, -0.1) is 0 Å². The average Bonchev–Trinajstić information content (AvgIpc) is 2.59. The van der Waals surface area contributed by atoms with Crippen LogP contribution < -0.4 is 10.0 Å². The molecule has 134 valence electrons. The summed E-state index contributed by atoms with van der Waals surface area (Å²) in [6.07, 6.45) is 5.83. The van der Waals surface area contributed by atoms with E-state index in [0.29, 0.717) is 25.8 Å². The van der Waals surface area contributed by atoms with Crippen molar-refractivity contribution in [2.24, 2.45) is 0 Å². The van der Waals surface area contributed by atoms with Gasteiger partial charge >= 0.3 is 0 Å². The van der Waals surface area contributed by atoms with Crippen LogP contribution in [0, 0.1) is 6.92 Å². The molecule has 1 aromatic carbocycles. The third-order valence-corrected chi connectivity index (χ3v) is 5.14. The van der Waals surface area contributed by atoms with Gasteiger partial charge in [0.1, 0.15) is 0 Å². The van der Waals surface area contributed by atoms with E-state index in [0.717, 1.165) is 17.7 Å². The minimum Gasteiger partial charge on any atom is -0.326 e. The second-order valence-corrected chi connectivity index (χ2v) is 7.57. The van der Waals surface area contributed by atoms with E-state index in [9.17, 15) is 13.2 Å². The number of pyridine rings is 1. The first kappa shape index (κ1) is 19.1. The summed E-state index contributed by atoms with van der Waals surface area (Å²) in [6.45, 7) is 2.27. The molecule has 0 aliphatic rings. The van der Waals surface area contributed by atoms with Crippen molar-refractivity contribution in [2.75, 3.05) is 11.9 Å². The Morgan fingerprint density at radius 1 is 1.00 bits per heavy atom. The molecule has 0 aliphatic heterocycles. The van der Waals surface area contributed by atoms with Crippen LogP contribution in [0.3, 0.4) is 0 Å². The molecule has 0 spiro atoms. The molecular weight excluding hydrogens is 338 g/mol. The largest absolute Gasteiger partial charge is 0.326 e. The number of rotatable bonds is 9. The molecule has 1 heterocycles. The third kappa shape index (κ3) is 6.64. The van der Waals surface area contributed by atoms with Crippen molar-refractivity contribution < 1.29 is 13.2 Å². The standard InChI is InChI=1S/C18H23N3O3S/c1-15-6-8-17(9-7-15)25(23,24)20-12-4-2-3-5-18(22)21-16-10-13-19-14-11-16/h6-11,13-14,20H,2-5,12H2,1H3,(H,19,21,22). The molecule has 0 unspecified atom stereocenters. The fourth-order valence-electron chi connectivity index (χ4n) is 2.25. The summed E-state index contributed by atoms with van der Waals surface area (Å²) in [7, 11) is -3.46. The Balaban J connectivity index is 1.63. The van der Waals surface area contributed by atoms with Crippen LogP contribution in [0.4, 0.5) is 5.69 Å². The van der Waals surface area contributed by atoms with Crippen molar-refractivity contribution in [3.8, 4) is 0 Å². The maximum atomic E-state index is 12.1. The third-order valence-electron chi connectivity index (χ3n) is 3.67. The van der Waals surface area contributed by atoms with E-state index in [-0.39, 0.29) is 10.8 Å². The first-order valence-corrected chi connectivity index (χ1v) is 9.72. The monoisotopic (exact) mass is 361 g/mol. The Kier molecular flexibility index (Phi) is 7.09. The van der Waals surface area contributed by atoms with Gasteiger partial charge in [-0.3, -0.25) is 9.78 Å². The van der Waals surface area contributed by atoms with Gasteiger partial charge in [-0.25, -0.2) is 13.1 Å². The minimum absolute atomic E-state index is 0.0496. The lowest BCUT2D eigenvalue weighted by Gasteiger charge is -2.07. The van der Waals surface area contributed by atoms with Crippen LogP contribution >= 0.6 is 0 Å². The number of hydrogen-bond acceptors (Lipinski definition) is 4. The Morgan fingerprint density at radius 2 is 1.68 bits per heavy atom. The van der Waals surface area contributed by atoms with Crippen LogP contribution in [0.25, 0.3) is 0 Å². The van der Waals surface area contributed by atoms with Gasteiger partial charge in [0.05, 0.1) is 4.90 Å². The minimum atomic E-state index is -3.46. The summed E-state index contributed by atoms with van der Waals surface area (Å²) in [5.74, 6) is -0.0496. The second kappa shape index (κ2) is 9.29. The lowest BCUT2D eigenvalue weighted by Crippen LogP contribution is -2.24. The topological polar surface area (TPSA) is 88.2 Å². The zero-order chi connectivity index (χ0) is 18.1. The maximum Gasteiger partial charge on any atom is 0.240 e. The quantitative estimate of drug-likeness (QED) is 0.672. The van der Waals surface area contributed by atoms with Gasteiger partial charge in [0.15, 0.2) is 0 Å². The number of nitrogens with one attached hydrogen (secondary N) is 2. The SMILES string of the molecule is Cc1ccc(S(=O)(=O)NCCCCCC(=O)Nc2ccncc2)cc1. The van der Waals surface area contributed by atoms with Crippen LogP contribution in [-0.4, -0.2) is 25.9 Å². The number of hydrogen-bond donors (Lipinski definition) is 2. The molecular formula is C18H23N3O3S. The predicted octanol–water partition coefficient (Wildman–Crippen LogP) is 2.87. The van der Waals surface area contributed by atoms with Gasteiger partial charge in [0.25, 0.3) is 0 Å². The van der Waals surface area contributed by atoms with Crippen molar-refractivity contribution in [3.05, 3.63) is 54.4 Å². The van der Waals surface area contributed by atoms with E-state index in [1.54, 1.807) is 48.8 Å². The highest BCUT2D eigenvalue weighted by molar-refractivity contribution is 7.89. The lowest BCUT2D eigenvalue weighted by molar-refractivity contribution is -0.116. The number of nitrogens with zero attached hydrogens (tertiary/aromatic N) is 1. The zero-order valence-corrected chi connectivity index (χ0v) is 15.1. The number of aromatic nitrogens is 1. The van der Waals surface area contributed by atoms with Gasteiger partial charge in [0, 0.05) is 31.0 Å². The van der Waals surface area contributed by atoms with Crippen LogP contribution in [-0.2, 0) is 14.8 Å². The molecule has 6 nitrogen and oxygen atoms in total. The molecule has 7 heteroatoms. The molecule has 0 fully saturated rings. The van der Waals surface area contributed by atoms with Crippen LogP contribution in [0.1, 0.15) is 31.2 Å². The number of anilines is 1. The van der Waals surface area contributed by atoms with Crippen molar-refractivity contribution in [3.63, 3.8) is 0 Å². The van der Waals surface area contributed by atoms with Gasteiger partial charge in [0.2, 0.25) is 15.9 Å². The van der Waals surface area contributed by atoms with E-state index in [1.165, 1.54) is 0 Å². The van der Waals surface area contributed by atoms with E-state index in [2.05, 4.69) is 15.0 Å². The molecule has 2 N–H and O–H groups in total. The molecule has 0 saturated heterocycles. The lowest BCUT2D eigenvalue weighted by atomic mass is 10.2. The molecule has 25 heavy (non-hydrogen) atoms. The number of aryl methyl sites for hydroxylation is 1. The van der Waals surface area contributed by atoms with E-state index >= 15 is 0 Å². The fourth-order valence-corrected chi connectivity index (χ4v) is 3.33. The molecule has 1 amide bonds. The normalized spacial score (nSPS) is 11.2. The fraction of sp³-hybridized carbons (Fsp3) is 0.333. The smallest absolute Gasteiger partial charge is 0.240 e. The number of amides is 1. The highest BCUT2D eigenvalue weighted by Crippen LogP contribution is 2.10.